The molecule has 0 spiro atoms. The van der Waals surface area contributed by atoms with Crippen LogP contribution in [0.1, 0.15) is 0 Å². The average molecular weight is 324 g/mol. The number of ether oxygens (including phenoxy) is 1. The van der Waals surface area contributed by atoms with Crippen LogP contribution in [0.5, 0.6) is 5.75 Å². The summed E-state index contributed by atoms with van der Waals surface area (Å²) < 4.78 is 5.93. The van der Waals surface area contributed by atoms with Crippen molar-refractivity contribution in [3.8, 4) is 5.75 Å². The van der Waals surface area contributed by atoms with Crippen LogP contribution in [0.4, 0.5) is 10.8 Å². The van der Waals surface area contributed by atoms with Gasteiger partial charge in [-0.3, -0.25) is 4.79 Å². The maximum Gasteiger partial charge on any atom is 0.232 e. The van der Waals surface area contributed by atoms with Gasteiger partial charge in [0.1, 0.15) is 5.75 Å². The van der Waals surface area contributed by atoms with Crippen LogP contribution < -0.4 is 10.1 Å². The molecule has 0 saturated heterocycles. The van der Waals surface area contributed by atoms with Crippen molar-refractivity contribution in [1.82, 2.24) is 15.1 Å². The number of carbonyl (C=O) groups is 1. The van der Waals surface area contributed by atoms with Crippen molar-refractivity contribution in [3.05, 3.63) is 24.3 Å². The maximum atomic E-state index is 11.5. The highest BCUT2D eigenvalue weighted by Crippen LogP contribution is 2.28. The Labute approximate surface area is 131 Å². The lowest BCUT2D eigenvalue weighted by molar-refractivity contribution is -0.125. The first kappa shape index (κ1) is 15.6. The van der Waals surface area contributed by atoms with Crippen molar-refractivity contribution in [2.45, 2.75) is 4.34 Å². The quantitative estimate of drug-likeness (QED) is 0.823. The van der Waals surface area contributed by atoms with Gasteiger partial charge < -0.3 is 15.0 Å². The second-order valence-electron chi connectivity index (χ2n) is 4.31. The second-order valence-corrected chi connectivity index (χ2v) is 6.51. The molecular formula is C13H16N4O2S2. The fourth-order valence-electron chi connectivity index (χ4n) is 1.40. The molecule has 1 aromatic carbocycles. The van der Waals surface area contributed by atoms with E-state index in [1.807, 2.05) is 24.3 Å². The minimum absolute atomic E-state index is 0.0532. The van der Waals surface area contributed by atoms with Crippen LogP contribution in [-0.4, -0.2) is 48.0 Å². The Balaban J connectivity index is 1.95. The van der Waals surface area contributed by atoms with E-state index in [4.69, 9.17) is 4.74 Å². The molecule has 2 rings (SSSR count). The lowest BCUT2D eigenvalue weighted by Crippen LogP contribution is -2.23. The van der Waals surface area contributed by atoms with Gasteiger partial charge in [-0.25, -0.2) is 0 Å². The molecule has 1 heterocycles. The SMILES string of the molecule is COc1cccc(Nc2nnc(SCC(=O)N(C)C)s2)c1. The van der Waals surface area contributed by atoms with Gasteiger partial charge in [-0.15, -0.1) is 10.2 Å². The molecule has 1 aromatic heterocycles. The monoisotopic (exact) mass is 324 g/mol. The largest absolute Gasteiger partial charge is 0.497 e. The number of hydrogen-bond donors (Lipinski definition) is 1. The Morgan fingerprint density at radius 2 is 2.24 bits per heavy atom. The highest BCUT2D eigenvalue weighted by Gasteiger charge is 2.09. The van der Waals surface area contributed by atoms with Gasteiger partial charge in [-0.1, -0.05) is 29.2 Å². The Kier molecular flexibility index (Phi) is 5.40. The van der Waals surface area contributed by atoms with Crippen molar-refractivity contribution in [1.29, 1.82) is 0 Å². The van der Waals surface area contributed by atoms with Crippen LogP contribution >= 0.6 is 23.1 Å². The molecule has 8 heteroatoms. The maximum absolute atomic E-state index is 11.5. The smallest absolute Gasteiger partial charge is 0.232 e. The van der Waals surface area contributed by atoms with E-state index in [0.717, 1.165) is 15.8 Å². The zero-order chi connectivity index (χ0) is 15.2. The van der Waals surface area contributed by atoms with Crippen LogP contribution in [-0.2, 0) is 4.79 Å². The van der Waals surface area contributed by atoms with Gasteiger partial charge >= 0.3 is 0 Å². The molecule has 112 valence electrons. The standard InChI is InChI=1S/C13H16N4O2S2/c1-17(2)11(18)8-20-13-16-15-12(21-13)14-9-5-4-6-10(7-9)19-3/h4-7H,8H2,1-3H3,(H,14,15). The first-order valence-corrected chi connectivity index (χ1v) is 7.96. The predicted octanol–water partition coefficient (Wildman–Crippen LogP) is 2.47. The van der Waals surface area contributed by atoms with E-state index in [1.165, 1.54) is 23.1 Å². The first-order chi connectivity index (χ1) is 10.1. The third kappa shape index (κ3) is 4.61. The Hall–Kier alpha value is -1.80. The van der Waals surface area contributed by atoms with E-state index in [2.05, 4.69) is 15.5 Å². The number of nitrogens with zero attached hydrogens (tertiary/aromatic N) is 3. The molecule has 21 heavy (non-hydrogen) atoms. The summed E-state index contributed by atoms with van der Waals surface area (Å²) in [5.41, 5.74) is 0.881. The lowest BCUT2D eigenvalue weighted by Gasteiger charge is -2.07. The fourth-order valence-corrected chi connectivity index (χ4v) is 3.15. The minimum Gasteiger partial charge on any atom is -0.497 e. The molecule has 0 aliphatic rings. The summed E-state index contributed by atoms with van der Waals surface area (Å²) >= 11 is 2.80. The number of nitrogens with one attached hydrogen (secondary N) is 1. The highest BCUT2D eigenvalue weighted by molar-refractivity contribution is 8.01. The molecule has 0 aliphatic carbocycles. The van der Waals surface area contributed by atoms with E-state index in [0.29, 0.717) is 10.9 Å². The van der Waals surface area contributed by atoms with Gasteiger partial charge in [0.15, 0.2) is 4.34 Å². The van der Waals surface area contributed by atoms with Gasteiger partial charge in [-0.2, -0.15) is 0 Å². The first-order valence-electron chi connectivity index (χ1n) is 6.16. The van der Waals surface area contributed by atoms with Gasteiger partial charge in [0.2, 0.25) is 11.0 Å². The molecule has 1 amide bonds. The van der Waals surface area contributed by atoms with Crippen LogP contribution in [0.15, 0.2) is 28.6 Å². The van der Waals surface area contributed by atoms with Crippen LogP contribution in [0.25, 0.3) is 0 Å². The fraction of sp³-hybridized carbons (Fsp3) is 0.308. The van der Waals surface area contributed by atoms with E-state index < -0.39 is 0 Å². The topological polar surface area (TPSA) is 67.3 Å². The summed E-state index contributed by atoms with van der Waals surface area (Å²) in [7, 11) is 5.10. The van der Waals surface area contributed by atoms with Gasteiger partial charge in [0.05, 0.1) is 12.9 Å². The zero-order valence-electron chi connectivity index (χ0n) is 12.0. The number of aromatic nitrogens is 2. The number of hydrogen-bond acceptors (Lipinski definition) is 7. The molecule has 0 saturated carbocycles. The summed E-state index contributed by atoms with van der Waals surface area (Å²) in [6, 6.07) is 7.57. The molecule has 0 atom stereocenters. The molecule has 0 aliphatic heterocycles. The van der Waals surface area contributed by atoms with Crippen LogP contribution in [0.3, 0.4) is 0 Å². The molecular weight excluding hydrogens is 308 g/mol. The number of benzene rings is 1. The summed E-state index contributed by atoms with van der Waals surface area (Å²) in [5, 5.41) is 12.0. The number of thioether (sulfide) groups is 1. The van der Waals surface area contributed by atoms with Gasteiger partial charge in [0, 0.05) is 25.8 Å². The number of amides is 1. The lowest BCUT2D eigenvalue weighted by atomic mass is 10.3. The molecule has 0 bridgehead atoms. The minimum atomic E-state index is 0.0532. The average Bonchev–Trinajstić information content (AvgIpc) is 2.92. The number of carbonyl (C=O) groups excluding carboxylic acids is 1. The van der Waals surface area contributed by atoms with Crippen LogP contribution in [0, 0.1) is 0 Å². The Bertz CT molecular complexity index is 616. The van der Waals surface area contributed by atoms with Crippen molar-refractivity contribution in [3.63, 3.8) is 0 Å². The summed E-state index contributed by atoms with van der Waals surface area (Å²) in [6.45, 7) is 0. The van der Waals surface area contributed by atoms with Gasteiger partial charge in [0.25, 0.3) is 0 Å². The zero-order valence-corrected chi connectivity index (χ0v) is 13.6. The third-order valence-corrected chi connectivity index (χ3v) is 4.50. The Morgan fingerprint density at radius 1 is 1.43 bits per heavy atom. The van der Waals surface area contributed by atoms with Crippen molar-refractivity contribution < 1.29 is 9.53 Å². The van der Waals surface area contributed by atoms with Crippen molar-refractivity contribution >= 4 is 39.8 Å². The molecule has 6 nitrogen and oxygen atoms in total. The third-order valence-electron chi connectivity index (χ3n) is 2.55. The summed E-state index contributed by atoms with van der Waals surface area (Å²) in [4.78, 5) is 13.1. The van der Waals surface area contributed by atoms with Crippen molar-refractivity contribution in [2.75, 3.05) is 32.3 Å². The van der Waals surface area contributed by atoms with E-state index in [1.54, 1.807) is 26.1 Å². The molecule has 0 unspecified atom stereocenters. The summed E-state index contributed by atoms with van der Waals surface area (Å²) in [6.07, 6.45) is 0. The van der Waals surface area contributed by atoms with Crippen LogP contribution in [0.2, 0.25) is 0 Å². The highest BCUT2D eigenvalue weighted by atomic mass is 32.2. The van der Waals surface area contributed by atoms with Crippen molar-refractivity contribution in [2.24, 2.45) is 0 Å². The summed E-state index contributed by atoms with van der Waals surface area (Å²) in [5.74, 6) is 1.19. The van der Waals surface area contributed by atoms with Gasteiger partial charge in [-0.05, 0) is 12.1 Å². The predicted molar refractivity (Wildman–Crippen MR) is 85.6 cm³/mol. The van der Waals surface area contributed by atoms with E-state index >= 15 is 0 Å². The Morgan fingerprint density at radius 3 is 2.95 bits per heavy atom. The molecule has 0 fully saturated rings. The molecule has 2 aromatic rings. The molecule has 1 N–H and O–H groups in total. The van der Waals surface area contributed by atoms with E-state index in [-0.39, 0.29) is 5.91 Å². The second kappa shape index (κ2) is 7.28. The normalized spacial score (nSPS) is 10.2. The molecule has 0 radical (unpaired) electrons. The van der Waals surface area contributed by atoms with E-state index in [9.17, 15) is 4.79 Å². The number of rotatable bonds is 6. The number of methoxy groups -OCH3 is 1. The number of anilines is 2.